The van der Waals surface area contributed by atoms with E-state index in [1.54, 1.807) is 18.2 Å². The summed E-state index contributed by atoms with van der Waals surface area (Å²) in [6, 6.07) is 4.86. The lowest BCUT2D eigenvalue weighted by atomic mass is 9.66. The highest BCUT2D eigenvalue weighted by Crippen LogP contribution is 2.43. The standard InChI is InChI=1S/C14H15Cl2NO3/c15-9-3-1-4-10(16)12(9)13(20)17-8-14(5-2-6-14)7-11(18)19/h1,3-4H,2,5-8H2,(H,17,20)(H,18,19). The molecule has 20 heavy (non-hydrogen) atoms. The van der Waals surface area contributed by atoms with E-state index in [0.29, 0.717) is 6.54 Å². The molecule has 0 heterocycles. The van der Waals surface area contributed by atoms with Crippen LogP contribution in [0.4, 0.5) is 0 Å². The molecule has 4 nitrogen and oxygen atoms in total. The molecular weight excluding hydrogens is 301 g/mol. The molecule has 0 spiro atoms. The smallest absolute Gasteiger partial charge is 0.303 e. The molecule has 0 atom stereocenters. The van der Waals surface area contributed by atoms with E-state index in [-0.39, 0.29) is 33.4 Å². The first kappa shape index (κ1) is 15.1. The van der Waals surface area contributed by atoms with Crippen LogP contribution in [-0.4, -0.2) is 23.5 Å². The van der Waals surface area contributed by atoms with E-state index in [4.69, 9.17) is 28.3 Å². The Morgan fingerprint density at radius 1 is 1.25 bits per heavy atom. The summed E-state index contributed by atoms with van der Waals surface area (Å²) in [4.78, 5) is 23.0. The normalized spacial score (nSPS) is 16.3. The number of nitrogens with one attached hydrogen (secondary N) is 1. The maximum atomic E-state index is 12.1. The van der Waals surface area contributed by atoms with Crippen molar-refractivity contribution in [3.63, 3.8) is 0 Å². The van der Waals surface area contributed by atoms with Crippen molar-refractivity contribution in [3.05, 3.63) is 33.8 Å². The molecule has 0 aromatic heterocycles. The third-order valence-corrected chi connectivity index (χ3v) is 4.38. The Morgan fingerprint density at radius 3 is 2.30 bits per heavy atom. The third kappa shape index (κ3) is 3.25. The molecule has 1 aromatic carbocycles. The zero-order valence-electron chi connectivity index (χ0n) is 10.8. The molecule has 2 N–H and O–H groups in total. The van der Waals surface area contributed by atoms with E-state index in [0.717, 1.165) is 19.3 Å². The topological polar surface area (TPSA) is 66.4 Å². The fourth-order valence-electron chi connectivity index (χ4n) is 2.48. The Labute approximate surface area is 127 Å². The van der Waals surface area contributed by atoms with E-state index >= 15 is 0 Å². The van der Waals surface area contributed by atoms with E-state index < -0.39 is 5.97 Å². The predicted molar refractivity (Wildman–Crippen MR) is 77.3 cm³/mol. The SMILES string of the molecule is O=C(O)CC1(CNC(=O)c2c(Cl)cccc2Cl)CCC1. The van der Waals surface area contributed by atoms with Crippen molar-refractivity contribution in [1.29, 1.82) is 0 Å². The van der Waals surface area contributed by atoms with Gasteiger partial charge < -0.3 is 10.4 Å². The Kier molecular flexibility index (Phi) is 4.55. The van der Waals surface area contributed by atoms with Gasteiger partial charge in [-0.25, -0.2) is 0 Å². The van der Waals surface area contributed by atoms with Crippen molar-refractivity contribution < 1.29 is 14.7 Å². The van der Waals surface area contributed by atoms with E-state index in [1.165, 1.54) is 0 Å². The van der Waals surface area contributed by atoms with Crippen molar-refractivity contribution in [3.8, 4) is 0 Å². The second-order valence-electron chi connectivity index (χ2n) is 5.20. The van der Waals surface area contributed by atoms with Crippen molar-refractivity contribution in [2.75, 3.05) is 6.54 Å². The number of amides is 1. The summed E-state index contributed by atoms with van der Waals surface area (Å²) in [5.41, 5.74) is -0.0875. The summed E-state index contributed by atoms with van der Waals surface area (Å²) >= 11 is 11.9. The van der Waals surface area contributed by atoms with Crippen molar-refractivity contribution in [1.82, 2.24) is 5.32 Å². The first-order valence-electron chi connectivity index (χ1n) is 6.38. The van der Waals surface area contributed by atoms with Crippen molar-refractivity contribution in [2.24, 2.45) is 5.41 Å². The molecule has 1 aromatic rings. The van der Waals surface area contributed by atoms with Crippen LogP contribution in [-0.2, 0) is 4.79 Å². The summed E-state index contributed by atoms with van der Waals surface area (Å²) < 4.78 is 0. The van der Waals surface area contributed by atoms with Gasteiger partial charge in [-0.3, -0.25) is 9.59 Å². The van der Waals surface area contributed by atoms with E-state index in [2.05, 4.69) is 5.32 Å². The van der Waals surface area contributed by atoms with Gasteiger partial charge in [0.15, 0.2) is 0 Å². The zero-order chi connectivity index (χ0) is 14.8. The summed E-state index contributed by atoms with van der Waals surface area (Å²) in [6.07, 6.45) is 2.70. The minimum absolute atomic E-state index is 0.0730. The van der Waals surface area contributed by atoms with Crippen LogP contribution in [0, 0.1) is 5.41 Å². The maximum Gasteiger partial charge on any atom is 0.303 e. The number of rotatable bonds is 5. The molecule has 108 valence electrons. The number of carbonyl (C=O) groups excluding carboxylic acids is 1. The third-order valence-electron chi connectivity index (χ3n) is 3.75. The van der Waals surface area contributed by atoms with Gasteiger partial charge >= 0.3 is 5.97 Å². The maximum absolute atomic E-state index is 12.1. The highest BCUT2D eigenvalue weighted by Gasteiger charge is 2.39. The zero-order valence-corrected chi connectivity index (χ0v) is 12.3. The molecule has 0 saturated heterocycles. The van der Waals surface area contributed by atoms with Crippen LogP contribution in [0.25, 0.3) is 0 Å². The van der Waals surface area contributed by atoms with Gasteiger partial charge in [0.2, 0.25) is 0 Å². The van der Waals surface area contributed by atoms with Crippen LogP contribution >= 0.6 is 23.2 Å². The molecule has 1 aliphatic carbocycles. The van der Waals surface area contributed by atoms with Crippen LogP contribution in [0.1, 0.15) is 36.0 Å². The van der Waals surface area contributed by atoms with Gasteiger partial charge in [-0.05, 0) is 30.4 Å². The van der Waals surface area contributed by atoms with Gasteiger partial charge in [-0.15, -0.1) is 0 Å². The molecule has 1 amide bonds. The van der Waals surface area contributed by atoms with E-state index in [9.17, 15) is 9.59 Å². The highest BCUT2D eigenvalue weighted by atomic mass is 35.5. The van der Waals surface area contributed by atoms with Crippen LogP contribution < -0.4 is 5.32 Å². The first-order chi connectivity index (χ1) is 9.43. The molecule has 6 heteroatoms. The summed E-state index contributed by atoms with van der Waals surface area (Å²) in [6.45, 7) is 0.333. The Hall–Kier alpha value is -1.26. The van der Waals surface area contributed by atoms with E-state index in [1.807, 2.05) is 0 Å². The number of carbonyl (C=O) groups is 2. The lowest BCUT2D eigenvalue weighted by Gasteiger charge is -2.40. The number of aliphatic carboxylic acids is 1. The highest BCUT2D eigenvalue weighted by molar-refractivity contribution is 6.39. The molecule has 1 fully saturated rings. The lowest BCUT2D eigenvalue weighted by Crippen LogP contribution is -2.43. The molecule has 2 rings (SSSR count). The molecule has 0 radical (unpaired) electrons. The van der Waals surface area contributed by atoms with Crippen LogP contribution in [0.15, 0.2) is 18.2 Å². The average molecular weight is 316 g/mol. The number of halogens is 2. The van der Waals surface area contributed by atoms with Crippen molar-refractivity contribution >= 4 is 35.1 Å². The van der Waals surface area contributed by atoms with Crippen LogP contribution in [0.5, 0.6) is 0 Å². The number of hydrogen-bond acceptors (Lipinski definition) is 2. The minimum atomic E-state index is -0.838. The largest absolute Gasteiger partial charge is 0.481 e. The van der Waals surface area contributed by atoms with Gasteiger partial charge in [0.1, 0.15) is 0 Å². The van der Waals surface area contributed by atoms with Crippen molar-refractivity contribution in [2.45, 2.75) is 25.7 Å². The van der Waals surface area contributed by atoms with Gasteiger partial charge in [0.05, 0.1) is 22.0 Å². The minimum Gasteiger partial charge on any atom is -0.481 e. The molecule has 1 saturated carbocycles. The molecule has 1 aliphatic rings. The average Bonchev–Trinajstić information content (AvgIpc) is 2.31. The second-order valence-corrected chi connectivity index (χ2v) is 6.02. The first-order valence-corrected chi connectivity index (χ1v) is 7.13. The Morgan fingerprint density at radius 2 is 1.85 bits per heavy atom. The van der Waals surface area contributed by atoms with Crippen LogP contribution in [0.3, 0.4) is 0 Å². The molecule has 0 bridgehead atoms. The fourth-order valence-corrected chi connectivity index (χ4v) is 3.05. The molecular formula is C14H15Cl2NO3. The Bertz CT molecular complexity index is 521. The van der Waals surface area contributed by atoms with Gasteiger partial charge in [-0.2, -0.15) is 0 Å². The number of hydrogen-bond donors (Lipinski definition) is 2. The van der Waals surface area contributed by atoms with Crippen LogP contribution in [0.2, 0.25) is 10.0 Å². The monoisotopic (exact) mass is 315 g/mol. The van der Waals surface area contributed by atoms with Gasteiger partial charge in [0.25, 0.3) is 5.91 Å². The summed E-state index contributed by atoms with van der Waals surface area (Å²) in [5, 5.41) is 12.3. The second kappa shape index (κ2) is 6.02. The number of benzene rings is 1. The van der Waals surface area contributed by atoms with Gasteiger partial charge in [0, 0.05) is 6.54 Å². The fraction of sp³-hybridized carbons (Fsp3) is 0.429. The number of carboxylic acids is 1. The quantitative estimate of drug-likeness (QED) is 0.875. The summed E-state index contributed by atoms with van der Waals surface area (Å²) in [7, 11) is 0. The lowest BCUT2D eigenvalue weighted by molar-refractivity contribution is -0.141. The van der Waals surface area contributed by atoms with Gasteiger partial charge in [-0.1, -0.05) is 35.7 Å². The molecule has 0 aliphatic heterocycles. The summed E-state index contributed by atoms with van der Waals surface area (Å²) in [5.74, 6) is -1.20. The molecule has 0 unspecified atom stereocenters. The number of carboxylic acid groups (broad SMARTS) is 1. The Balaban J connectivity index is 2.03. The predicted octanol–water partition coefficient (Wildman–Crippen LogP) is 3.37.